The van der Waals surface area contributed by atoms with Gasteiger partial charge in [0.1, 0.15) is 6.54 Å². The van der Waals surface area contributed by atoms with Crippen molar-refractivity contribution in [3.63, 3.8) is 0 Å². The maximum absolute atomic E-state index is 12.3. The lowest BCUT2D eigenvalue weighted by Gasteiger charge is -2.19. The van der Waals surface area contributed by atoms with Crippen LogP contribution in [0.25, 0.3) is 0 Å². The average molecular weight is 571 g/mol. The standard InChI is InChI=1S/C32H60NO5P/c1-4-6-7-8-9-10-11-12-13-14-15-16-17-19-27-36-29-32(21-5-2)30-38-39(34,35)37-28-20-18-24-33-25-22-31(3)23-26-33/h22-23,25-26,32H,4-21,24,27-30H2,1-3H3/p+1. The minimum atomic E-state index is -4.03. The fraction of sp³-hybridized carbons (Fsp3) is 0.844. The van der Waals surface area contributed by atoms with Gasteiger partial charge in [0.05, 0.1) is 19.8 Å². The molecule has 0 aliphatic rings. The average Bonchev–Trinajstić information content (AvgIpc) is 2.92. The van der Waals surface area contributed by atoms with Gasteiger partial charge in [-0.2, -0.15) is 0 Å². The van der Waals surface area contributed by atoms with E-state index in [1.165, 1.54) is 89.0 Å². The third-order valence-corrected chi connectivity index (χ3v) is 8.27. The van der Waals surface area contributed by atoms with Gasteiger partial charge in [0.15, 0.2) is 12.4 Å². The normalized spacial score (nSPS) is 13.9. The Morgan fingerprint density at radius 1 is 0.718 bits per heavy atom. The summed E-state index contributed by atoms with van der Waals surface area (Å²) in [7, 11) is -4.03. The number of aromatic nitrogens is 1. The number of aryl methyl sites for hydroxylation is 2. The van der Waals surface area contributed by atoms with Gasteiger partial charge in [-0.25, -0.2) is 9.13 Å². The molecule has 6 nitrogen and oxygen atoms in total. The summed E-state index contributed by atoms with van der Waals surface area (Å²) in [5, 5.41) is 0. The minimum absolute atomic E-state index is 0.114. The maximum atomic E-state index is 12.3. The van der Waals surface area contributed by atoms with E-state index in [0.717, 1.165) is 38.8 Å². The molecule has 1 rings (SSSR count). The molecule has 0 amide bonds. The van der Waals surface area contributed by atoms with Crippen LogP contribution in [0, 0.1) is 12.8 Å². The molecule has 1 N–H and O–H groups in total. The number of ether oxygens (including phenoxy) is 1. The van der Waals surface area contributed by atoms with E-state index < -0.39 is 7.82 Å². The Labute approximate surface area is 240 Å². The van der Waals surface area contributed by atoms with E-state index in [9.17, 15) is 9.46 Å². The molecule has 0 spiro atoms. The van der Waals surface area contributed by atoms with Gasteiger partial charge in [0.25, 0.3) is 0 Å². The lowest BCUT2D eigenvalue weighted by Crippen LogP contribution is -2.32. The van der Waals surface area contributed by atoms with Crippen LogP contribution in [-0.2, 0) is 24.9 Å². The second-order valence-electron chi connectivity index (χ2n) is 11.2. The predicted octanol–water partition coefficient (Wildman–Crippen LogP) is 9.11. The summed E-state index contributed by atoms with van der Waals surface area (Å²) in [6, 6.07) is 4.14. The van der Waals surface area contributed by atoms with Crippen LogP contribution in [0.4, 0.5) is 0 Å². The SMILES string of the molecule is CCCCCCCCCCCCCCCCOCC(CCC)COP(=O)(O)OCCCC[n+]1ccc(C)cc1. The summed E-state index contributed by atoms with van der Waals surface area (Å²) < 4.78 is 30.8. The second kappa shape index (κ2) is 25.0. The van der Waals surface area contributed by atoms with Crippen molar-refractivity contribution in [3.8, 4) is 0 Å². The molecule has 0 radical (unpaired) electrons. The predicted molar refractivity (Wildman–Crippen MR) is 162 cm³/mol. The molecule has 2 atom stereocenters. The van der Waals surface area contributed by atoms with E-state index in [1.54, 1.807) is 0 Å². The number of nitrogens with zero attached hydrogens (tertiary/aromatic N) is 1. The molecule has 0 aromatic carbocycles. The van der Waals surface area contributed by atoms with Crippen LogP contribution in [-0.4, -0.2) is 31.3 Å². The molecule has 1 aromatic heterocycles. The molecule has 0 aliphatic heterocycles. The van der Waals surface area contributed by atoms with Crippen LogP contribution in [0.15, 0.2) is 24.5 Å². The molecule has 1 heterocycles. The van der Waals surface area contributed by atoms with Gasteiger partial charge in [-0.15, -0.1) is 0 Å². The molecule has 0 fully saturated rings. The number of rotatable bonds is 28. The zero-order valence-electron chi connectivity index (χ0n) is 25.6. The monoisotopic (exact) mass is 570 g/mol. The first-order valence-corrected chi connectivity index (χ1v) is 17.6. The Kier molecular flexibility index (Phi) is 23.2. The Morgan fingerprint density at radius 3 is 1.82 bits per heavy atom. The Balaban J connectivity index is 1.99. The van der Waals surface area contributed by atoms with Crippen molar-refractivity contribution < 1.29 is 27.8 Å². The molecule has 0 saturated heterocycles. The molecule has 1 aromatic rings. The highest BCUT2D eigenvalue weighted by Crippen LogP contribution is 2.43. The lowest BCUT2D eigenvalue weighted by molar-refractivity contribution is -0.697. The first-order valence-electron chi connectivity index (χ1n) is 16.1. The summed E-state index contributed by atoms with van der Waals surface area (Å²) in [5.41, 5.74) is 1.23. The first-order chi connectivity index (χ1) is 19.0. The van der Waals surface area contributed by atoms with E-state index in [2.05, 4.69) is 37.5 Å². The Morgan fingerprint density at radius 2 is 1.26 bits per heavy atom. The van der Waals surface area contributed by atoms with E-state index in [4.69, 9.17) is 13.8 Å². The number of hydrogen-bond acceptors (Lipinski definition) is 4. The van der Waals surface area contributed by atoms with Crippen molar-refractivity contribution in [2.45, 2.75) is 143 Å². The quantitative estimate of drug-likeness (QED) is 0.0618. The second-order valence-corrected chi connectivity index (χ2v) is 12.7. The number of hydrogen-bond donors (Lipinski definition) is 1. The summed E-state index contributed by atoms with van der Waals surface area (Å²) in [6.45, 7) is 9.05. The van der Waals surface area contributed by atoms with Gasteiger partial charge in [-0.1, -0.05) is 104 Å². The number of pyridine rings is 1. The summed E-state index contributed by atoms with van der Waals surface area (Å²) in [6.07, 6.45) is 26.5. The van der Waals surface area contributed by atoms with Crippen molar-refractivity contribution in [2.24, 2.45) is 5.92 Å². The van der Waals surface area contributed by atoms with Crippen LogP contribution >= 0.6 is 7.82 Å². The Hall–Kier alpha value is -0.780. The first kappa shape index (κ1) is 36.2. The fourth-order valence-electron chi connectivity index (χ4n) is 4.77. The van der Waals surface area contributed by atoms with Crippen molar-refractivity contribution >= 4 is 7.82 Å². The molecule has 39 heavy (non-hydrogen) atoms. The third-order valence-electron chi connectivity index (χ3n) is 7.29. The van der Waals surface area contributed by atoms with Gasteiger partial charge >= 0.3 is 7.82 Å². The van der Waals surface area contributed by atoms with Gasteiger partial charge in [-0.05, 0) is 31.7 Å². The summed E-state index contributed by atoms with van der Waals surface area (Å²) >= 11 is 0. The van der Waals surface area contributed by atoms with E-state index in [1.807, 2.05) is 12.4 Å². The highest BCUT2D eigenvalue weighted by atomic mass is 31.2. The zero-order chi connectivity index (χ0) is 28.4. The molecule has 2 unspecified atom stereocenters. The number of unbranched alkanes of at least 4 members (excludes halogenated alkanes) is 14. The molecule has 0 saturated carbocycles. The topological polar surface area (TPSA) is 68.9 Å². The lowest BCUT2D eigenvalue weighted by atomic mass is 10.0. The minimum Gasteiger partial charge on any atom is -0.381 e. The van der Waals surface area contributed by atoms with Crippen molar-refractivity contribution in [1.82, 2.24) is 0 Å². The van der Waals surface area contributed by atoms with Crippen molar-refractivity contribution in [3.05, 3.63) is 30.1 Å². The van der Waals surface area contributed by atoms with Crippen LogP contribution < -0.4 is 4.57 Å². The fourth-order valence-corrected chi connectivity index (χ4v) is 5.60. The third kappa shape index (κ3) is 22.6. The largest absolute Gasteiger partial charge is 0.472 e. The summed E-state index contributed by atoms with van der Waals surface area (Å²) in [5.74, 6) is 0.114. The van der Waals surface area contributed by atoms with Crippen LogP contribution in [0.1, 0.15) is 135 Å². The molecule has 228 valence electrons. The molecular formula is C32H61NO5P+. The molecule has 0 aliphatic carbocycles. The van der Waals surface area contributed by atoms with Gasteiger partial charge in [-0.3, -0.25) is 9.05 Å². The smallest absolute Gasteiger partial charge is 0.381 e. The van der Waals surface area contributed by atoms with Crippen LogP contribution in [0.2, 0.25) is 0 Å². The van der Waals surface area contributed by atoms with Crippen molar-refractivity contribution in [1.29, 1.82) is 0 Å². The van der Waals surface area contributed by atoms with E-state index >= 15 is 0 Å². The zero-order valence-corrected chi connectivity index (χ0v) is 26.5. The van der Waals surface area contributed by atoms with E-state index in [-0.39, 0.29) is 19.1 Å². The van der Waals surface area contributed by atoms with Crippen molar-refractivity contribution in [2.75, 3.05) is 26.4 Å². The molecule has 7 heteroatoms. The van der Waals surface area contributed by atoms with Gasteiger partial charge in [0.2, 0.25) is 0 Å². The molecule has 0 bridgehead atoms. The Bertz CT molecular complexity index is 715. The number of phosphoric acid groups is 1. The van der Waals surface area contributed by atoms with Crippen LogP contribution in [0.3, 0.4) is 0 Å². The summed E-state index contributed by atoms with van der Waals surface area (Å²) in [4.78, 5) is 10.1. The maximum Gasteiger partial charge on any atom is 0.472 e. The molecular weight excluding hydrogens is 509 g/mol. The highest BCUT2D eigenvalue weighted by Gasteiger charge is 2.23. The van der Waals surface area contributed by atoms with Gasteiger partial charge < -0.3 is 9.63 Å². The van der Waals surface area contributed by atoms with Gasteiger partial charge in [0, 0.05) is 31.1 Å². The van der Waals surface area contributed by atoms with Crippen LogP contribution in [0.5, 0.6) is 0 Å². The van der Waals surface area contributed by atoms with E-state index in [0.29, 0.717) is 13.0 Å². The highest BCUT2D eigenvalue weighted by molar-refractivity contribution is 7.47. The number of phosphoric ester groups is 1.